The van der Waals surface area contributed by atoms with Crippen LogP contribution >= 0.6 is 0 Å². The molecule has 1 aromatic rings. The number of anilines is 1. The summed E-state index contributed by atoms with van der Waals surface area (Å²) in [5.41, 5.74) is -0.975. The van der Waals surface area contributed by atoms with Gasteiger partial charge in [0.05, 0.1) is 5.60 Å². The van der Waals surface area contributed by atoms with Crippen LogP contribution in [0.2, 0.25) is 0 Å². The highest BCUT2D eigenvalue weighted by molar-refractivity contribution is 5.85. The van der Waals surface area contributed by atoms with E-state index in [1.54, 1.807) is 0 Å². The molecule has 6 heteroatoms. The van der Waals surface area contributed by atoms with Crippen LogP contribution in [0.25, 0.3) is 0 Å². The molecule has 90 valence electrons. The number of oxazole rings is 1. The number of hydrogen-bond donors (Lipinski definition) is 3. The molecule has 0 fully saturated rings. The number of rotatable bonds is 6. The highest BCUT2D eigenvalue weighted by Crippen LogP contribution is 2.16. The van der Waals surface area contributed by atoms with Crippen molar-refractivity contribution in [3.8, 4) is 0 Å². The molecule has 0 spiro atoms. The van der Waals surface area contributed by atoms with Gasteiger partial charge < -0.3 is 19.9 Å². The average molecular weight is 228 g/mol. The van der Waals surface area contributed by atoms with E-state index in [0.29, 0.717) is 12.8 Å². The van der Waals surface area contributed by atoms with Crippen molar-refractivity contribution in [1.29, 1.82) is 0 Å². The molecule has 0 atom stereocenters. The number of nitrogens with one attached hydrogen (secondary N) is 1. The predicted molar refractivity (Wildman–Crippen MR) is 57.5 cm³/mol. The maximum Gasteiger partial charge on any atom is 0.357 e. The minimum atomic E-state index is -1.14. The Morgan fingerprint density at radius 3 is 2.62 bits per heavy atom. The summed E-state index contributed by atoms with van der Waals surface area (Å²) < 4.78 is 4.90. The number of aromatic nitrogens is 1. The Kier molecular flexibility index (Phi) is 3.89. The minimum Gasteiger partial charge on any atom is -0.476 e. The molecule has 0 bridgehead atoms. The number of hydrogen-bond acceptors (Lipinski definition) is 5. The van der Waals surface area contributed by atoms with Crippen molar-refractivity contribution in [1.82, 2.24) is 4.98 Å². The molecule has 1 heterocycles. The van der Waals surface area contributed by atoms with E-state index < -0.39 is 11.6 Å². The average Bonchev–Trinajstić information content (AvgIpc) is 2.75. The van der Waals surface area contributed by atoms with Gasteiger partial charge in [-0.3, -0.25) is 0 Å². The van der Waals surface area contributed by atoms with Crippen LogP contribution in [0.5, 0.6) is 0 Å². The van der Waals surface area contributed by atoms with Crippen LogP contribution in [-0.2, 0) is 0 Å². The third kappa shape index (κ3) is 2.96. The van der Waals surface area contributed by atoms with Crippen molar-refractivity contribution in [3.63, 3.8) is 0 Å². The van der Waals surface area contributed by atoms with Crippen molar-refractivity contribution < 1.29 is 19.4 Å². The van der Waals surface area contributed by atoms with E-state index >= 15 is 0 Å². The van der Waals surface area contributed by atoms with Gasteiger partial charge in [0, 0.05) is 6.54 Å². The van der Waals surface area contributed by atoms with Gasteiger partial charge >= 0.3 is 5.97 Å². The number of carbonyl (C=O) groups is 1. The summed E-state index contributed by atoms with van der Waals surface area (Å²) in [4.78, 5) is 14.2. The third-order valence-electron chi connectivity index (χ3n) is 2.61. The topological polar surface area (TPSA) is 95.6 Å². The van der Waals surface area contributed by atoms with Crippen LogP contribution in [-0.4, -0.2) is 33.3 Å². The van der Waals surface area contributed by atoms with Crippen molar-refractivity contribution in [3.05, 3.63) is 12.0 Å². The zero-order valence-corrected chi connectivity index (χ0v) is 9.36. The van der Waals surface area contributed by atoms with Crippen LogP contribution in [0.4, 0.5) is 6.01 Å². The summed E-state index contributed by atoms with van der Waals surface area (Å²) in [5.74, 6) is -1.14. The first-order chi connectivity index (χ1) is 7.50. The van der Waals surface area contributed by atoms with E-state index in [0.717, 1.165) is 6.26 Å². The Morgan fingerprint density at radius 1 is 1.56 bits per heavy atom. The minimum absolute atomic E-state index is 0.109. The smallest absolute Gasteiger partial charge is 0.357 e. The second kappa shape index (κ2) is 4.98. The van der Waals surface area contributed by atoms with E-state index in [1.165, 1.54) is 0 Å². The Hall–Kier alpha value is -1.56. The van der Waals surface area contributed by atoms with Crippen LogP contribution in [0.15, 0.2) is 10.7 Å². The standard InChI is InChI=1S/C10H16N2O4/c1-3-10(15,4-2)6-11-9-12-7(5-16-9)8(13)14/h5,15H,3-4,6H2,1-2H3,(H,11,12)(H,13,14). The monoisotopic (exact) mass is 228 g/mol. The summed E-state index contributed by atoms with van der Waals surface area (Å²) in [5, 5.41) is 21.3. The summed E-state index contributed by atoms with van der Waals surface area (Å²) >= 11 is 0. The molecule has 3 N–H and O–H groups in total. The van der Waals surface area contributed by atoms with Crippen LogP contribution in [0, 0.1) is 0 Å². The Bertz CT molecular complexity index is 357. The SMILES string of the molecule is CCC(O)(CC)CNc1nc(C(=O)O)co1. The number of aromatic carboxylic acids is 1. The second-order valence-corrected chi connectivity index (χ2v) is 3.63. The lowest BCUT2D eigenvalue weighted by molar-refractivity contribution is 0.0452. The van der Waals surface area contributed by atoms with Gasteiger partial charge in [-0.25, -0.2) is 4.79 Å². The highest BCUT2D eigenvalue weighted by atomic mass is 16.4. The highest BCUT2D eigenvalue weighted by Gasteiger charge is 2.22. The van der Waals surface area contributed by atoms with Crippen LogP contribution in [0.1, 0.15) is 37.2 Å². The van der Waals surface area contributed by atoms with Gasteiger partial charge in [-0.05, 0) is 12.8 Å². The van der Waals surface area contributed by atoms with E-state index in [-0.39, 0.29) is 18.3 Å². The molecule has 0 aromatic carbocycles. The fraction of sp³-hybridized carbons (Fsp3) is 0.600. The van der Waals surface area contributed by atoms with Crippen molar-refractivity contribution in [2.24, 2.45) is 0 Å². The van der Waals surface area contributed by atoms with Gasteiger partial charge in [0.1, 0.15) is 6.26 Å². The quantitative estimate of drug-likeness (QED) is 0.680. The van der Waals surface area contributed by atoms with E-state index in [1.807, 2.05) is 13.8 Å². The largest absolute Gasteiger partial charge is 0.476 e. The van der Waals surface area contributed by atoms with Gasteiger partial charge in [0.2, 0.25) is 0 Å². The van der Waals surface area contributed by atoms with E-state index in [9.17, 15) is 9.90 Å². The normalized spacial score (nSPS) is 11.4. The maximum atomic E-state index is 10.5. The van der Waals surface area contributed by atoms with E-state index in [4.69, 9.17) is 9.52 Å². The molecule has 16 heavy (non-hydrogen) atoms. The second-order valence-electron chi connectivity index (χ2n) is 3.63. The lowest BCUT2D eigenvalue weighted by Gasteiger charge is -2.24. The van der Waals surface area contributed by atoms with Crippen molar-refractivity contribution in [2.75, 3.05) is 11.9 Å². The molecular weight excluding hydrogens is 212 g/mol. The molecule has 1 aromatic heterocycles. The zero-order chi connectivity index (χ0) is 12.2. The molecule has 0 saturated carbocycles. The Balaban J connectivity index is 2.57. The predicted octanol–water partition coefficient (Wildman–Crippen LogP) is 1.34. The first kappa shape index (κ1) is 12.5. The summed E-state index contributed by atoms with van der Waals surface area (Å²) in [6.07, 6.45) is 2.26. The molecule has 1 rings (SSSR count). The first-order valence-electron chi connectivity index (χ1n) is 5.16. The summed E-state index contributed by atoms with van der Waals surface area (Å²) in [7, 11) is 0. The lowest BCUT2D eigenvalue weighted by atomic mass is 9.98. The van der Waals surface area contributed by atoms with Crippen LogP contribution in [0.3, 0.4) is 0 Å². The van der Waals surface area contributed by atoms with Crippen molar-refractivity contribution in [2.45, 2.75) is 32.3 Å². The number of carboxylic acid groups (broad SMARTS) is 1. The van der Waals surface area contributed by atoms with Crippen LogP contribution < -0.4 is 5.32 Å². The molecule has 0 aliphatic carbocycles. The number of aliphatic hydroxyl groups is 1. The molecular formula is C10H16N2O4. The summed E-state index contributed by atoms with van der Waals surface area (Å²) in [6.45, 7) is 4.03. The van der Waals surface area contributed by atoms with Gasteiger partial charge in [-0.1, -0.05) is 13.8 Å². The lowest BCUT2D eigenvalue weighted by Crippen LogP contribution is -2.35. The van der Waals surface area contributed by atoms with Gasteiger partial charge in [-0.15, -0.1) is 0 Å². The first-order valence-corrected chi connectivity index (χ1v) is 5.16. The number of nitrogens with zero attached hydrogens (tertiary/aromatic N) is 1. The molecule has 0 saturated heterocycles. The molecule has 0 aliphatic heterocycles. The summed E-state index contributed by atoms with van der Waals surface area (Å²) in [6, 6.07) is 0.109. The Labute approximate surface area is 93.3 Å². The molecule has 0 aliphatic rings. The number of carboxylic acids is 1. The zero-order valence-electron chi connectivity index (χ0n) is 9.36. The molecule has 0 radical (unpaired) electrons. The maximum absolute atomic E-state index is 10.5. The molecule has 0 amide bonds. The molecule has 0 unspecified atom stereocenters. The van der Waals surface area contributed by atoms with Gasteiger partial charge in [0.15, 0.2) is 5.69 Å². The Morgan fingerprint density at radius 2 is 2.19 bits per heavy atom. The fourth-order valence-electron chi connectivity index (χ4n) is 1.19. The van der Waals surface area contributed by atoms with Gasteiger partial charge in [0.25, 0.3) is 6.01 Å². The van der Waals surface area contributed by atoms with Gasteiger partial charge in [-0.2, -0.15) is 4.98 Å². The van der Waals surface area contributed by atoms with E-state index in [2.05, 4.69) is 10.3 Å². The third-order valence-corrected chi connectivity index (χ3v) is 2.61. The molecule has 6 nitrogen and oxygen atoms in total. The fourth-order valence-corrected chi connectivity index (χ4v) is 1.19. The van der Waals surface area contributed by atoms with Crippen molar-refractivity contribution >= 4 is 12.0 Å².